The Morgan fingerprint density at radius 2 is 2.00 bits per heavy atom. The molecule has 1 rings (SSSR count). The van der Waals surface area contributed by atoms with Gasteiger partial charge in [-0.2, -0.15) is 0 Å². The Morgan fingerprint density at radius 1 is 1.33 bits per heavy atom. The zero-order valence-corrected chi connectivity index (χ0v) is 11.3. The molecule has 0 radical (unpaired) electrons. The second kappa shape index (κ2) is 7.48. The van der Waals surface area contributed by atoms with Crippen molar-refractivity contribution in [3.05, 3.63) is 35.9 Å². The van der Waals surface area contributed by atoms with Crippen LogP contribution in [0.5, 0.6) is 0 Å². The molecule has 5 nitrogen and oxygen atoms in total. The molecular formula is C12H20N2O3S. The summed E-state index contributed by atoms with van der Waals surface area (Å²) in [7, 11) is -1.81. The summed E-state index contributed by atoms with van der Waals surface area (Å²) in [6.07, 6.45) is 0.487. The first-order valence-corrected chi connectivity index (χ1v) is 7.45. The predicted octanol–water partition coefficient (Wildman–Crippen LogP) is 0.122. The van der Waals surface area contributed by atoms with E-state index in [1.54, 1.807) is 0 Å². The molecule has 1 aromatic carbocycles. The van der Waals surface area contributed by atoms with Gasteiger partial charge in [-0.3, -0.25) is 0 Å². The first-order valence-electron chi connectivity index (χ1n) is 5.80. The molecule has 0 heterocycles. The van der Waals surface area contributed by atoms with E-state index in [1.165, 1.54) is 7.11 Å². The van der Waals surface area contributed by atoms with E-state index in [4.69, 9.17) is 10.5 Å². The Morgan fingerprint density at radius 3 is 2.56 bits per heavy atom. The number of benzene rings is 1. The minimum atomic E-state index is -3.32. The molecule has 1 atom stereocenters. The number of hydrogen-bond acceptors (Lipinski definition) is 4. The molecule has 0 aromatic heterocycles. The van der Waals surface area contributed by atoms with Crippen LogP contribution in [0.1, 0.15) is 5.56 Å². The van der Waals surface area contributed by atoms with Crippen molar-refractivity contribution in [3.8, 4) is 0 Å². The van der Waals surface area contributed by atoms with Gasteiger partial charge in [-0.05, 0) is 12.0 Å². The number of methoxy groups -OCH3 is 1. The van der Waals surface area contributed by atoms with Crippen molar-refractivity contribution >= 4 is 10.0 Å². The Kier molecular flexibility index (Phi) is 6.28. The average Bonchev–Trinajstić information content (AvgIpc) is 2.37. The van der Waals surface area contributed by atoms with Gasteiger partial charge in [0.2, 0.25) is 10.0 Å². The molecule has 0 aliphatic carbocycles. The van der Waals surface area contributed by atoms with E-state index in [-0.39, 0.29) is 24.9 Å². The summed E-state index contributed by atoms with van der Waals surface area (Å²) >= 11 is 0. The van der Waals surface area contributed by atoms with Crippen LogP contribution < -0.4 is 10.5 Å². The van der Waals surface area contributed by atoms with Gasteiger partial charge in [-0.15, -0.1) is 0 Å². The molecule has 0 aliphatic rings. The van der Waals surface area contributed by atoms with Gasteiger partial charge in [0.05, 0.1) is 18.4 Å². The van der Waals surface area contributed by atoms with Crippen LogP contribution in [0.25, 0.3) is 0 Å². The highest BCUT2D eigenvalue weighted by molar-refractivity contribution is 7.89. The lowest BCUT2D eigenvalue weighted by Gasteiger charge is -2.15. The van der Waals surface area contributed by atoms with Crippen molar-refractivity contribution in [1.29, 1.82) is 0 Å². The monoisotopic (exact) mass is 272 g/mol. The molecule has 0 fully saturated rings. The molecule has 3 N–H and O–H groups in total. The predicted molar refractivity (Wildman–Crippen MR) is 71.8 cm³/mol. The minimum Gasteiger partial charge on any atom is -0.383 e. The molecule has 0 saturated heterocycles. The van der Waals surface area contributed by atoms with Crippen LogP contribution in [0.2, 0.25) is 0 Å². The number of aryl methyl sites for hydroxylation is 1. The minimum absolute atomic E-state index is 0.0528. The van der Waals surface area contributed by atoms with Gasteiger partial charge in [0.1, 0.15) is 0 Å². The van der Waals surface area contributed by atoms with Crippen LogP contribution in [0.15, 0.2) is 30.3 Å². The molecule has 0 saturated carbocycles. The SMILES string of the molecule is COCC(CN)NS(=O)(=O)CCc1ccccc1. The smallest absolute Gasteiger partial charge is 0.212 e. The third-order valence-corrected chi connectivity index (χ3v) is 3.93. The highest BCUT2D eigenvalue weighted by Crippen LogP contribution is 2.02. The first-order chi connectivity index (χ1) is 8.57. The molecule has 1 aromatic rings. The maximum absolute atomic E-state index is 11.8. The summed E-state index contributed by atoms with van der Waals surface area (Å²) in [5, 5.41) is 0. The maximum atomic E-state index is 11.8. The molecule has 102 valence electrons. The van der Waals surface area contributed by atoms with Gasteiger partial charge in [-0.25, -0.2) is 13.1 Å². The average molecular weight is 272 g/mol. The van der Waals surface area contributed by atoms with Gasteiger partial charge < -0.3 is 10.5 Å². The third-order valence-electron chi connectivity index (χ3n) is 2.50. The third kappa shape index (κ3) is 5.59. The fourth-order valence-corrected chi connectivity index (χ4v) is 2.86. The van der Waals surface area contributed by atoms with E-state index in [1.807, 2.05) is 30.3 Å². The van der Waals surface area contributed by atoms with Gasteiger partial charge in [0.15, 0.2) is 0 Å². The molecule has 0 bridgehead atoms. The second-order valence-electron chi connectivity index (χ2n) is 4.06. The van der Waals surface area contributed by atoms with E-state index < -0.39 is 10.0 Å². The number of sulfonamides is 1. The van der Waals surface area contributed by atoms with Crippen LogP contribution in [-0.2, 0) is 21.2 Å². The van der Waals surface area contributed by atoms with Crippen LogP contribution in [-0.4, -0.2) is 40.5 Å². The quantitative estimate of drug-likeness (QED) is 0.704. The number of hydrogen-bond donors (Lipinski definition) is 2. The van der Waals surface area contributed by atoms with Crippen molar-refractivity contribution in [1.82, 2.24) is 4.72 Å². The van der Waals surface area contributed by atoms with E-state index in [2.05, 4.69) is 4.72 Å². The second-order valence-corrected chi connectivity index (χ2v) is 5.93. The number of rotatable bonds is 8. The molecule has 1 unspecified atom stereocenters. The molecule has 0 aliphatic heterocycles. The molecular weight excluding hydrogens is 252 g/mol. The lowest BCUT2D eigenvalue weighted by molar-refractivity contribution is 0.177. The lowest BCUT2D eigenvalue weighted by atomic mass is 10.2. The number of nitrogens with two attached hydrogens (primary N) is 1. The summed E-state index contributed by atoms with van der Waals surface area (Å²) < 4.78 is 31.1. The van der Waals surface area contributed by atoms with Gasteiger partial charge in [0, 0.05) is 13.7 Å². The zero-order chi connectivity index (χ0) is 13.4. The van der Waals surface area contributed by atoms with Crippen LogP contribution in [0, 0.1) is 0 Å². The fraction of sp³-hybridized carbons (Fsp3) is 0.500. The van der Waals surface area contributed by atoms with Crippen molar-refractivity contribution in [2.75, 3.05) is 26.0 Å². The zero-order valence-electron chi connectivity index (χ0n) is 10.5. The highest BCUT2D eigenvalue weighted by atomic mass is 32.2. The summed E-state index contributed by atoms with van der Waals surface area (Å²) in [6, 6.07) is 9.14. The molecule has 0 amide bonds. The normalized spacial score (nSPS) is 13.4. The van der Waals surface area contributed by atoms with E-state index in [0.29, 0.717) is 6.42 Å². The van der Waals surface area contributed by atoms with Crippen LogP contribution >= 0.6 is 0 Å². The first kappa shape index (κ1) is 15.1. The standard InChI is InChI=1S/C12H20N2O3S/c1-17-10-12(9-13)14-18(15,16)8-7-11-5-3-2-4-6-11/h2-6,12,14H,7-10,13H2,1H3. The molecule has 18 heavy (non-hydrogen) atoms. The van der Waals surface area contributed by atoms with Crippen molar-refractivity contribution < 1.29 is 13.2 Å². The maximum Gasteiger partial charge on any atom is 0.212 e. The summed E-state index contributed by atoms with van der Waals surface area (Å²) in [5.74, 6) is 0.0528. The topological polar surface area (TPSA) is 81.4 Å². The van der Waals surface area contributed by atoms with Crippen LogP contribution in [0.3, 0.4) is 0 Å². The van der Waals surface area contributed by atoms with Gasteiger partial charge in [0.25, 0.3) is 0 Å². The highest BCUT2D eigenvalue weighted by Gasteiger charge is 2.16. The summed E-state index contributed by atoms with van der Waals surface area (Å²) in [4.78, 5) is 0. The Balaban J connectivity index is 2.49. The van der Waals surface area contributed by atoms with E-state index in [9.17, 15) is 8.42 Å². The van der Waals surface area contributed by atoms with E-state index >= 15 is 0 Å². The summed E-state index contributed by atoms with van der Waals surface area (Å²) in [6.45, 7) is 0.499. The molecule has 0 spiro atoms. The van der Waals surface area contributed by atoms with Crippen molar-refractivity contribution in [2.45, 2.75) is 12.5 Å². The Bertz CT molecular complexity index is 434. The Hall–Kier alpha value is -0.950. The largest absolute Gasteiger partial charge is 0.383 e. The van der Waals surface area contributed by atoms with Gasteiger partial charge in [-0.1, -0.05) is 30.3 Å². The van der Waals surface area contributed by atoms with Crippen molar-refractivity contribution in [3.63, 3.8) is 0 Å². The fourth-order valence-electron chi connectivity index (χ4n) is 1.56. The van der Waals surface area contributed by atoms with Crippen molar-refractivity contribution in [2.24, 2.45) is 5.73 Å². The van der Waals surface area contributed by atoms with E-state index in [0.717, 1.165) is 5.56 Å². The van der Waals surface area contributed by atoms with Gasteiger partial charge >= 0.3 is 0 Å². The summed E-state index contributed by atoms with van der Waals surface area (Å²) in [5.41, 5.74) is 6.47. The molecule has 6 heteroatoms. The Labute approximate surface area is 108 Å². The van der Waals surface area contributed by atoms with Crippen LogP contribution in [0.4, 0.5) is 0 Å². The lowest BCUT2D eigenvalue weighted by Crippen LogP contribution is -2.44. The number of ether oxygens (including phenoxy) is 1. The number of nitrogens with one attached hydrogen (secondary N) is 1.